The summed E-state index contributed by atoms with van der Waals surface area (Å²) in [5.41, 5.74) is 0. The molecule has 1 atom stereocenters. The molecule has 0 spiro atoms. The first-order valence-corrected chi connectivity index (χ1v) is 8.86. The lowest BCUT2D eigenvalue weighted by atomic mass is 9.84. The van der Waals surface area contributed by atoms with E-state index in [0.717, 1.165) is 12.3 Å². The van der Waals surface area contributed by atoms with E-state index in [4.69, 9.17) is 9.15 Å². The number of piperidine rings is 3. The average Bonchev–Trinajstić information content (AvgIpc) is 3.18. The summed E-state index contributed by atoms with van der Waals surface area (Å²) < 4.78 is 11.0. The minimum Gasteiger partial charge on any atom is -0.431 e. The third-order valence-electron chi connectivity index (χ3n) is 4.69. The van der Waals surface area contributed by atoms with E-state index in [-0.39, 0.29) is 11.9 Å². The Labute approximate surface area is 139 Å². The topological polar surface area (TPSA) is 54.7 Å². The minimum absolute atomic E-state index is 0.000717. The molecule has 5 nitrogen and oxygen atoms in total. The van der Waals surface area contributed by atoms with Crippen molar-refractivity contribution in [3.05, 3.63) is 34.9 Å². The molecule has 3 fully saturated rings. The predicted molar refractivity (Wildman–Crippen MR) is 88.3 cm³/mol. The third kappa shape index (κ3) is 3.14. The summed E-state index contributed by atoms with van der Waals surface area (Å²) in [5.74, 6) is 1.88. The fraction of sp³-hybridized carbons (Fsp3) is 0.471. The highest BCUT2D eigenvalue weighted by atomic mass is 32.1. The molecule has 2 aromatic rings. The molecule has 122 valence electrons. The summed E-state index contributed by atoms with van der Waals surface area (Å²) in [6.45, 7) is 5.21. The summed E-state index contributed by atoms with van der Waals surface area (Å²) >= 11 is 1.35. The van der Waals surface area contributed by atoms with E-state index in [2.05, 4.69) is 10.2 Å². The quantitative estimate of drug-likeness (QED) is 0.934. The second-order valence-electron chi connectivity index (χ2n) is 6.30. The van der Waals surface area contributed by atoms with Crippen LogP contribution in [0.15, 0.2) is 28.7 Å². The Bertz CT molecular complexity index is 700. The van der Waals surface area contributed by atoms with Gasteiger partial charge in [-0.3, -0.25) is 4.79 Å². The number of nitrogens with one attached hydrogen (secondary N) is 1. The number of fused-ring (bicyclic) bond motifs is 3. The van der Waals surface area contributed by atoms with Crippen molar-refractivity contribution in [2.45, 2.75) is 25.8 Å². The number of rotatable bonds is 4. The zero-order chi connectivity index (χ0) is 15.8. The van der Waals surface area contributed by atoms with Crippen LogP contribution in [0.25, 0.3) is 0 Å². The molecule has 3 aliphatic rings. The molecule has 6 heteroatoms. The van der Waals surface area contributed by atoms with Gasteiger partial charge in [-0.2, -0.15) is 0 Å². The van der Waals surface area contributed by atoms with Crippen LogP contribution in [-0.4, -0.2) is 36.5 Å². The maximum absolute atomic E-state index is 12.5. The molecule has 1 amide bonds. The lowest BCUT2D eigenvalue weighted by molar-refractivity contribution is 0.0622. The first-order valence-electron chi connectivity index (χ1n) is 8.05. The number of carbonyl (C=O) groups is 1. The molecule has 1 N–H and O–H groups in total. The number of thiophene rings is 1. The highest BCUT2D eigenvalue weighted by Gasteiger charge is 2.35. The van der Waals surface area contributed by atoms with Gasteiger partial charge in [-0.25, -0.2) is 0 Å². The van der Waals surface area contributed by atoms with E-state index in [9.17, 15) is 4.79 Å². The molecule has 5 rings (SSSR count). The number of ether oxygens (including phenoxy) is 1. The van der Waals surface area contributed by atoms with Crippen LogP contribution in [0.3, 0.4) is 0 Å². The highest BCUT2D eigenvalue weighted by Crippen LogP contribution is 2.31. The molecule has 0 aliphatic carbocycles. The Morgan fingerprint density at radius 2 is 2.13 bits per heavy atom. The number of amides is 1. The van der Waals surface area contributed by atoms with Crippen molar-refractivity contribution in [2.75, 3.05) is 19.6 Å². The number of hydrogen-bond acceptors (Lipinski definition) is 5. The number of furan rings is 1. The van der Waals surface area contributed by atoms with Crippen LogP contribution in [0.5, 0.6) is 11.0 Å². The fourth-order valence-corrected chi connectivity index (χ4v) is 4.20. The Morgan fingerprint density at radius 3 is 2.78 bits per heavy atom. The van der Waals surface area contributed by atoms with Crippen molar-refractivity contribution in [3.63, 3.8) is 0 Å². The first-order chi connectivity index (χ1) is 11.2. The van der Waals surface area contributed by atoms with E-state index < -0.39 is 0 Å². The van der Waals surface area contributed by atoms with Crippen molar-refractivity contribution in [2.24, 2.45) is 5.92 Å². The van der Waals surface area contributed by atoms with Crippen molar-refractivity contribution in [3.8, 4) is 11.0 Å². The second kappa shape index (κ2) is 6.02. The van der Waals surface area contributed by atoms with Gasteiger partial charge in [-0.05, 0) is 57.0 Å². The summed E-state index contributed by atoms with van der Waals surface area (Å²) in [5, 5.41) is 3.86. The predicted octanol–water partition coefficient (Wildman–Crippen LogP) is 3.27. The van der Waals surface area contributed by atoms with Gasteiger partial charge < -0.3 is 19.4 Å². The molecule has 3 saturated heterocycles. The van der Waals surface area contributed by atoms with Crippen molar-refractivity contribution >= 4 is 17.2 Å². The summed E-state index contributed by atoms with van der Waals surface area (Å²) in [6, 6.07) is 7.54. The van der Waals surface area contributed by atoms with Gasteiger partial charge in [0.1, 0.15) is 5.76 Å². The van der Waals surface area contributed by atoms with Gasteiger partial charge in [0.25, 0.3) is 11.9 Å². The molecule has 3 aliphatic heterocycles. The second-order valence-corrected chi connectivity index (χ2v) is 7.35. The van der Waals surface area contributed by atoms with Crippen LogP contribution in [0, 0.1) is 12.8 Å². The molecular formula is C17H20N2O3S. The smallest absolute Gasteiger partial charge is 0.290 e. The van der Waals surface area contributed by atoms with E-state index >= 15 is 0 Å². The minimum atomic E-state index is -0.000717. The van der Waals surface area contributed by atoms with Crippen molar-refractivity contribution < 1.29 is 13.9 Å². The van der Waals surface area contributed by atoms with E-state index in [1.54, 1.807) is 6.07 Å². The number of hydrogen-bond donors (Lipinski definition) is 1. The van der Waals surface area contributed by atoms with Gasteiger partial charge in [-0.1, -0.05) is 11.3 Å². The Balaban J connectivity index is 1.39. The van der Waals surface area contributed by atoms with Gasteiger partial charge in [0.15, 0.2) is 5.06 Å². The van der Waals surface area contributed by atoms with Crippen LogP contribution in [0.1, 0.15) is 28.3 Å². The molecule has 5 heterocycles. The summed E-state index contributed by atoms with van der Waals surface area (Å²) in [7, 11) is 0. The van der Waals surface area contributed by atoms with Crippen LogP contribution < -0.4 is 10.1 Å². The highest BCUT2D eigenvalue weighted by molar-refractivity contribution is 7.15. The number of aryl methyl sites for hydroxylation is 1. The van der Waals surface area contributed by atoms with Crippen LogP contribution >= 0.6 is 11.3 Å². The molecule has 0 aromatic carbocycles. The van der Waals surface area contributed by atoms with Gasteiger partial charge in [0, 0.05) is 18.7 Å². The number of nitrogens with zero attached hydrogens (tertiary/aromatic N) is 1. The standard InChI is InChI=1S/C17H20N2O3S/c1-11-2-4-15(21-11)22-16-5-3-14(23-16)17(20)18-13-10-19-8-6-12(13)7-9-19/h2-5,12-13H,6-10H2,1H3,(H,18,20). The zero-order valence-corrected chi connectivity index (χ0v) is 13.9. The van der Waals surface area contributed by atoms with Crippen LogP contribution in [-0.2, 0) is 0 Å². The lowest BCUT2D eigenvalue weighted by Crippen LogP contribution is -2.57. The van der Waals surface area contributed by atoms with Crippen LogP contribution in [0.4, 0.5) is 0 Å². The Kier molecular flexibility index (Phi) is 3.87. The normalized spacial score (nSPS) is 26.2. The largest absolute Gasteiger partial charge is 0.431 e. The molecule has 0 saturated carbocycles. The molecule has 23 heavy (non-hydrogen) atoms. The monoisotopic (exact) mass is 332 g/mol. The molecule has 2 aromatic heterocycles. The molecule has 0 radical (unpaired) electrons. The fourth-order valence-electron chi connectivity index (χ4n) is 3.43. The maximum Gasteiger partial charge on any atom is 0.290 e. The lowest BCUT2D eigenvalue weighted by Gasteiger charge is -2.44. The molecule has 2 bridgehead atoms. The van der Waals surface area contributed by atoms with Crippen LogP contribution in [0.2, 0.25) is 0 Å². The molecule has 1 unspecified atom stereocenters. The van der Waals surface area contributed by atoms with Crippen molar-refractivity contribution in [1.82, 2.24) is 10.2 Å². The SMILES string of the molecule is Cc1ccc(Oc2ccc(C(=O)NC3CN4CCC3CC4)s2)o1. The summed E-state index contributed by atoms with van der Waals surface area (Å²) in [6.07, 6.45) is 2.39. The maximum atomic E-state index is 12.5. The third-order valence-corrected chi connectivity index (χ3v) is 5.66. The van der Waals surface area contributed by atoms with Gasteiger partial charge >= 0.3 is 0 Å². The Hall–Kier alpha value is -1.79. The van der Waals surface area contributed by atoms with E-state index in [1.807, 2.05) is 25.1 Å². The van der Waals surface area contributed by atoms with E-state index in [0.29, 0.717) is 21.8 Å². The Morgan fingerprint density at radius 1 is 1.30 bits per heavy atom. The van der Waals surface area contributed by atoms with E-state index in [1.165, 1.54) is 37.3 Å². The molecular weight excluding hydrogens is 312 g/mol. The van der Waals surface area contributed by atoms with Gasteiger partial charge in [-0.15, -0.1) is 0 Å². The van der Waals surface area contributed by atoms with Gasteiger partial charge in [0.05, 0.1) is 4.88 Å². The first kappa shape index (κ1) is 14.8. The average molecular weight is 332 g/mol. The number of carbonyl (C=O) groups excluding carboxylic acids is 1. The zero-order valence-electron chi connectivity index (χ0n) is 13.1. The van der Waals surface area contributed by atoms with Gasteiger partial charge in [0.2, 0.25) is 0 Å². The van der Waals surface area contributed by atoms with Crippen molar-refractivity contribution in [1.29, 1.82) is 0 Å². The summed E-state index contributed by atoms with van der Waals surface area (Å²) in [4.78, 5) is 15.6.